The summed E-state index contributed by atoms with van der Waals surface area (Å²) in [5, 5.41) is 6.61. The second-order valence-electron chi connectivity index (χ2n) is 6.06. The van der Waals surface area contributed by atoms with Crippen LogP contribution in [0.25, 0.3) is 17.8 Å². The highest BCUT2D eigenvalue weighted by atomic mass is 15.2. The Bertz CT molecular complexity index is 698. The average Bonchev–Trinajstić information content (AvgIpc) is 2.64. The molecule has 1 fully saturated rings. The van der Waals surface area contributed by atoms with Gasteiger partial charge < -0.3 is 15.5 Å². The summed E-state index contributed by atoms with van der Waals surface area (Å²) in [6.07, 6.45) is 9.40. The van der Waals surface area contributed by atoms with Crippen LogP contribution < -0.4 is 10.6 Å². The Morgan fingerprint density at radius 3 is 2.88 bits per heavy atom. The van der Waals surface area contributed by atoms with Crippen molar-refractivity contribution in [1.29, 1.82) is 0 Å². The van der Waals surface area contributed by atoms with Crippen LogP contribution >= 0.6 is 0 Å². The van der Waals surface area contributed by atoms with Crippen LogP contribution in [-0.4, -0.2) is 36.6 Å². The van der Waals surface area contributed by atoms with Gasteiger partial charge in [0.25, 0.3) is 0 Å². The van der Waals surface area contributed by atoms with E-state index < -0.39 is 0 Å². The fourth-order valence-corrected chi connectivity index (χ4v) is 2.98. The molecular weight excluding hydrogens is 308 g/mol. The third-order valence-electron chi connectivity index (χ3n) is 4.36. The molecule has 4 heteroatoms. The van der Waals surface area contributed by atoms with Crippen molar-refractivity contribution >= 4 is 17.8 Å². The van der Waals surface area contributed by atoms with Gasteiger partial charge in [-0.15, -0.1) is 0 Å². The Balaban J connectivity index is 2.45. The smallest absolute Gasteiger partial charge is 0.0870 e. The zero-order valence-electron chi connectivity index (χ0n) is 15.9. The molecule has 1 aromatic heterocycles. The normalized spacial score (nSPS) is 17.8. The van der Waals surface area contributed by atoms with Gasteiger partial charge in [-0.1, -0.05) is 37.8 Å². The first-order valence-electron chi connectivity index (χ1n) is 8.98. The van der Waals surface area contributed by atoms with Crippen LogP contribution in [0, 0.1) is 0 Å². The highest BCUT2D eigenvalue weighted by Gasteiger charge is 2.20. The van der Waals surface area contributed by atoms with Gasteiger partial charge in [-0.25, -0.2) is 4.98 Å². The first-order valence-corrected chi connectivity index (χ1v) is 8.98. The third kappa shape index (κ3) is 4.60. The lowest BCUT2D eigenvalue weighted by Crippen LogP contribution is -2.40. The van der Waals surface area contributed by atoms with E-state index in [1.165, 1.54) is 5.70 Å². The fraction of sp³-hybridized carbons (Fsp3) is 0.381. The Kier molecular flexibility index (Phi) is 7.02. The maximum atomic E-state index is 4.93. The van der Waals surface area contributed by atoms with Gasteiger partial charge >= 0.3 is 0 Å². The zero-order valence-corrected chi connectivity index (χ0v) is 15.9. The highest BCUT2D eigenvalue weighted by Crippen LogP contribution is 2.25. The van der Waals surface area contributed by atoms with Gasteiger partial charge in [0.2, 0.25) is 0 Å². The van der Waals surface area contributed by atoms with Crippen molar-refractivity contribution in [3.05, 3.63) is 59.2 Å². The number of pyridine rings is 1. The Morgan fingerprint density at radius 1 is 1.44 bits per heavy atom. The minimum atomic E-state index is 0.904. The number of rotatable bonds is 6. The van der Waals surface area contributed by atoms with Crippen LogP contribution in [0.2, 0.25) is 0 Å². The van der Waals surface area contributed by atoms with E-state index in [4.69, 9.17) is 4.98 Å². The Morgan fingerprint density at radius 2 is 2.24 bits per heavy atom. The predicted molar refractivity (Wildman–Crippen MR) is 109 cm³/mol. The molecule has 1 aromatic rings. The molecule has 0 bridgehead atoms. The average molecular weight is 338 g/mol. The summed E-state index contributed by atoms with van der Waals surface area (Å²) in [5.74, 6) is 0. The van der Waals surface area contributed by atoms with Crippen molar-refractivity contribution < 1.29 is 0 Å². The lowest BCUT2D eigenvalue weighted by molar-refractivity contribution is 0.406. The maximum Gasteiger partial charge on any atom is 0.0870 e. The van der Waals surface area contributed by atoms with Crippen LogP contribution in [0.5, 0.6) is 0 Å². The largest absolute Gasteiger partial charge is 0.392 e. The van der Waals surface area contributed by atoms with Gasteiger partial charge in [-0.05, 0) is 38.0 Å². The molecular formula is C21H30N4. The SMILES string of the molecule is C=Cc1ccc(/C(=C/C)N2CCNC/C2=C\CC)nc1/C=C(\C)NC. The molecule has 0 amide bonds. The van der Waals surface area contributed by atoms with Crippen molar-refractivity contribution in [3.8, 4) is 0 Å². The lowest BCUT2D eigenvalue weighted by atomic mass is 10.1. The second-order valence-corrected chi connectivity index (χ2v) is 6.06. The van der Waals surface area contributed by atoms with Crippen molar-refractivity contribution in [1.82, 2.24) is 20.5 Å². The number of piperazine rings is 1. The first kappa shape index (κ1) is 19.0. The van der Waals surface area contributed by atoms with Gasteiger partial charge in [-0.2, -0.15) is 0 Å². The van der Waals surface area contributed by atoms with Crippen molar-refractivity contribution in [2.75, 3.05) is 26.7 Å². The van der Waals surface area contributed by atoms with Crippen molar-refractivity contribution in [2.24, 2.45) is 0 Å². The molecule has 2 N–H and O–H groups in total. The number of nitrogens with zero attached hydrogens (tertiary/aromatic N) is 2. The van der Waals surface area contributed by atoms with E-state index >= 15 is 0 Å². The van der Waals surface area contributed by atoms with Gasteiger partial charge in [-0.3, -0.25) is 0 Å². The first-order chi connectivity index (χ1) is 12.1. The number of aromatic nitrogens is 1. The molecule has 0 unspecified atom stereocenters. The van der Waals surface area contributed by atoms with Crippen molar-refractivity contribution in [2.45, 2.75) is 27.2 Å². The monoisotopic (exact) mass is 338 g/mol. The van der Waals surface area contributed by atoms with Gasteiger partial charge in [0.15, 0.2) is 0 Å². The molecule has 0 radical (unpaired) electrons. The van der Waals surface area contributed by atoms with E-state index in [1.54, 1.807) is 0 Å². The molecule has 25 heavy (non-hydrogen) atoms. The molecule has 0 spiro atoms. The van der Waals surface area contributed by atoms with E-state index in [0.717, 1.165) is 54.4 Å². The topological polar surface area (TPSA) is 40.2 Å². The summed E-state index contributed by atoms with van der Waals surface area (Å²) in [5.41, 5.74) is 6.53. The second kappa shape index (κ2) is 9.23. The molecule has 1 saturated heterocycles. The number of hydrogen-bond donors (Lipinski definition) is 2. The summed E-state index contributed by atoms with van der Waals surface area (Å²) in [4.78, 5) is 7.31. The quantitative estimate of drug-likeness (QED) is 0.826. The van der Waals surface area contributed by atoms with Crippen LogP contribution in [0.3, 0.4) is 0 Å². The van der Waals surface area contributed by atoms with Crippen molar-refractivity contribution in [3.63, 3.8) is 0 Å². The van der Waals surface area contributed by atoms with E-state index in [0.29, 0.717) is 0 Å². The number of nitrogens with one attached hydrogen (secondary N) is 2. The Labute approximate surface area is 152 Å². The molecule has 0 aromatic carbocycles. The maximum absolute atomic E-state index is 4.93. The van der Waals surface area contributed by atoms with Gasteiger partial charge in [0.05, 0.1) is 17.1 Å². The highest BCUT2D eigenvalue weighted by molar-refractivity contribution is 5.68. The lowest BCUT2D eigenvalue weighted by Gasteiger charge is -2.34. The standard InChI is InChI=1S/C21H30N4/c1-6-9-18-15-23-12-13-25(18)21(8-3)19-11-10-17(7-2)20(24-19)14-16(4)22-5/h7-11,14,22-23H,2,6,12-13,15H2,1,3-5H3/b16-14+,18-9+,21-8-. The zero-order chi connectivity index (χ0) is 18.2. The summed E-state index contributed by atoms with van der Waals surface area (Å²) in [6.45, 7) is 13.1. The fourth-order valence-electron chi connectivity index (χ4n) is 2.98. The van der Waals surface area contributed by atoms with Crippen LogP contribution in [0.4, 0.5) is 0 Å². The third-order valence-corrected chi connectivity index (χ3v) is 4.36. The van der Waals surface area contributed by atoms with Crippen LogP contribution in [0.1, 0.15) is 44.1 Å². The molecule has 0 aliphatic carbocycles. The summed E-state index contributed by atoms with van der Waals surface area (Å²) in [7, 11) is 1.92. The molecule has 134 valence electrons. The van der Waals surface area contributed by atoms with E-state index in [1.807, 2.05) is 20.0 Å². The number of allylic oxidation sites excluding steroid dienone is 3. The molecule has 2 heterocycles. The van der Waals surface area contributed by atoms with E-state index in [9.17, 15) is 0 Å². The Hall–Kier alpha value is -2.33. The van der Waals surface area contributed by atoms with Gasteiger partial charge in [0, 0.05) is 38.1 Å². The van der Waals surface area contributed by atoms with E-state index in [2.05, 4.69) is 66.3 Å². The number of hydrogen-bond acceptors (Lipinski definition) is 4. The summed E-state index contributed by atoms with van der Waals surface area (Å²) in [6, 6.07) is 4.18. The molecule has 1 aliphatic rings. The molecule has 4 nitrogen and oxygen atoms in total. The van der Waals surface area contributed by atoms with Crippen LogP contribution in [0.15, 0.2) is 42.3 Å². The molecule has 1 aliphatic heterocycles. The summed E-state index contributed by atoms with van der Waals surface area (Å²) >= 11 is 0. The van der Waals surface area contributed by atoms with E-state index in [-0.39, 0.29) is 0 Å². The minimum Gasteiger partial charge on any atom is -0.392 e. The van der Waals surface area contributed by atoms with Gasteiger partial charge in [0.1, 0.15) is 0 Å². The van der Waals surface area contributed by atoms with Crippen LogP contribution in [-0.2, 0) is 0 Å². The minimum absolute atomic E-state index is 0.904. The predicted octanol–water partition coefficient (Wildman–Crippen LogP) is 3.86. The molecule has 0 atom stereocenters. The molecule has 2 rings (SSSR count). The summed E-state index contributed by atoms with van der Waals surface area (Å²) < 4.78 is 0. The molecule has 0 saturated carbocycles.